The summed E-state index contributed by atoms with van der Waals surface area (Å²) in [6.45, 7) is 2.18. The average molecular weight is 459 g/mol. The number of hydrogen-bond acceptors (Lipinski definition) is 4. The Bertz CT molecular complexity index is 1090. The fourth-order valence-electron chi connectivity index (χ4n) is 2.91. The quantitative estimate of drug-likeness (QED) is 0.415. The molecular formula is C20H19BrN4O4. The van der Waals surface area contributed by atoms with Gasteiger partial charge in [-0.1, -0.05) is 22.0 Å². The van der Waals surface area contributed by atoms with Gasteiger partial charge in [0.15, 0.2) is 0 Å². The minimum atomic E-state index is -0.454. The number of aryl methyl sites for hydroxylation is 1. The van der Waals surface area contributed by atoms with Gasteiger partial charge in [0.2, 0.25) is 11.8 Å². The molecule has 2 aromatic carbocycles. The van der Waals surface area contributed by atoms with Crippen molar-refractivity contribution in [1.29, 1.82) is 0 Å². The van der Waals surface area contributed by atoms with Crippen LogP contribution in [0.1, 0.15) is 12.0 Å². The van der Waals surface area contributed by atoms with Gasteiger partial charge in [-0.15, -0.1) is 0 Å². The van der Waals surface area contributed by atoms with E-state index in [0.717, 1.165) is 21.2 Å². The molecule has 0 spiro atoms. The van der Waals surface area contributed by atoms with Crippen LogP contribution in [0, 0.1) is 17.0 Å². The van der Waals surface area contributed by atoms with Crippen LogP contribution in [-0.4, -0.2) is 27.8 Å². The number of hydrogen-bond donors (Lipinski definition) is 2. The number of amides is 2. The van der Waals surface area contributed by atoms with E-state index >= 15 is 0 Å². The molecule has 0 fully saturated rings. The molecule has 0 aliphatic carbocycles. The molecule has 150 valence electrons. The highest BCUT2D eigenvalue weighted by Gasteiger charge is 2.11. The molecule has 0 bridgehead atoms. The van der Waals surface area contributed by atoms with Crippen LogP contribution in [0.5, 0.6) is 0 Å². The predicted octanol–water partition coefficient (Wildman–Crippen LogP) is 3.77. The van der Waals surface area contributed by atoms with Gasteiger partial charge in [0.1, 0.15) is 6.54 Å². The normalized spacial score (nSPS) is 10.7. The fraction of sp³-hybridized carbons (Fsp3) is 0.200. The minimum absolute atomic E-state index is 0.00592. The maximum atomic E-state index is 12.2. The topological polar surface area (TPSA) is 106 Å². The van der Waals surface area contributed by atoms with Crippen molar-refractivity contribution >= 4 is 50.0 Å². The van der Waals surface area contributed by atoms with E-state index in [-0.39, 0.29) is 37.0 Å². The van der Waals surface area contributed by atoms with Crippen LogP contribution in [-0.2, 0) is 16.1 Å². The Balaban J connectivity index is 1.51. The number of nitro groups is 1. The van der Waals surface area contributed by atoms with Crippen LogP contribution in [0.2, 0.25) is 0 Å². The summed E-state index contributed by atoms with van der Waals surface area (Å²) in [5.74, 6) is -0.433. The summed E-state index contributed by atoms with van der Waals surface area (Å²) in [7, 11) is 0. The largest absolute Gasteiger partial charge is 0.354 e. The van der Waals surface area contributed by atoms with E-state index in [4.69, 9.17) is 0 Å². The molecule has 1 heterocycles. The van der Waals surface area contributed by atoms with Gasteiger partial charge in [-0.05, 0) is 36.8 Å². The molecule has 0 aliphatic rings. The predicted molar refractivity (Wildman–Crippen MR) is 114 cm³/mol. The van der Waals surface area contributed by atoms with Crippen molar-refractivity contribution in [2.24, 2.45) is 0 Å². The van der Waals surface area contributed by atoms with Gasteiger partial charge in [-0.3, -0.25) is 19.7 Å². The monoisotopic (exact) mass is 458 g/mol. The second-order valence-electron chi connectivity index (χ2n) is 6.55. The first-order valence-corrected chi connectivity index (χ1v) is 9.69. The Morgan fingerprint density at radius 1 is 1.14 bits per heavy atom. The third kappa shape index (κ3) is 5.20. The smallest absolute Gasteiger partial charge is 0.270 e. The molecule has 0 aliphatic heterocycles. The van der Waals surface area contributed by atoms with Gasteiger partial charge < -0.3 is 15.2 Å². The zero-order valence-electron chi connectivity index (χ0n) is 15.6. The first-order valence-electron chi connectivity index (χ1n) is 8.89. The molecule has 0 radical (unpaired) electrons. The van der Waals surface area contributed by atoms with Crippen molar-refractivity contribution in [3.8, 4) is 0 Å². The number of anilines is 1. The van der Waals surface area contributed by atoms with E-state index in [0.29, 0.717) is 5.39 Å². The van der Waals surface area contributed by atoms with Gasteiger partial charge in [0.05, 0.1) is 4.92 Å². The number of halogens is 1. The molecule has 2 amide bonds. The molecule has 3 aromatic rings. The average Bonchev–Trinajstić information content (AvgIpc) is 3.06. The summed E-state index contributed by atoms with van der Waals surface area (Å²) in [4.78, 5) is 34.7. The van der Waals surface area contributed by atoms with E-state index in [2.05, 4.69) is 26.6 Å². The summed E-state index contributed by atoms with van der Waals surface area (Å²) in [6.07, 6.45) is 1.85. The number of carbonyl (C=O) groups is 2. The van der Waals surface area contributed by atoms with Crippen LogP contribution >= 0.6 is 15.9 Å². The third-order valence-corrected chi connectivity index (χ3v) is 4.92. The zero-order valence-corrected chi connectivity index (χ0v) is 17.2. The Labute approximate surface area is 175 Å². The molecule has 3 rings (SSSR count). The molecule has 29 heavy (non-hydrogen) atoms. The molecule has 2 N–H and O–H groups in total. The number of carbonyl (C=O) groups excluding carboxylic acids is 2. The molecule has 0 saturated carbocycles. The Kier molecular flexibility index (Phi) is 6.28. The van der Waals surface area contributed by atoms with Crippen molar-refractivity contribution < 1.29 is 14.5 Å². The second-order valence-corrected chi connectivity index (χ2v) is 7.47. The Morgan fingerprint density at radius 2 is 1.93 bits per heavy atom. The highest BCUT2D eigenvalue weighted by molar-refractivity contribution is 9.10. The SMILES string of the molecule is Cc1ccc(Br)cc1NC(=O)CCNC(=O)Cn1ccc2cc([N+](=O)[O-])ccc21. The lowest BCUT2D eigenvalue weighted by atomic mass is 10.2. The number of aromatic nitrogens is 1. The van der Waals surface area contributed by atoms with Crippen molar-refractivity contribution in [1.82, 2.24) is 9.88 Å². The number of non-ortho nitro benzene ring substituents is 1. The number of nitrogens with one attached hydrogen (secondary N) is 2. The number of nitrogens with zero attached hydrogens (tertiary/aromatic N) is 2. The maximum absolute atomic E-state index is 12.2. The Morgan fingerprint density at radius 3 is 2.69 bits per heavy atom. The first-order chi connectivity index (χ1) is 13.8. The van der Waals surface area contributed by atoms with E-state index in [1.807, 2.05) is 25.1 Å². The number of fused-ring (bicyclic) bond motifs is 1. The maximum Gasteiger partial charge on any atom is 0.270 e. The number of rotatable bonds is 7. The first kappa shape index (κ1) is 20.5. The number of benzene rings is 2. The van der Waals surface area contributed by atoms with Gasteiger partial charge in [-0.25, -0.2) is 0 Å². The van der Waals surface area contributed by atoms with E-state index < -0.39 is 4.92 Å². The lowest BCUT2D eigenvalue weighted by Gasteiger charge is -2.10. The lowest BCUT2D eigenvalue weighted by Crippen LogP contribution is -2.30. The summed E-state index contributed by atoms with van der Waals surface area (Å²) in [5.41, 5.74) is 2.41. The molecule has 8 nitrogen and oxygen atoms in total. The summed E-state index contributed by atoms with van der Waals surface area (Å²) in [6, 6.07) is 11.8. The van der Waals surface area contributed by atoms with E-state index in [1.165, 1.54) is 12.1 Å². The molecule has 1 aromatic heterocycles. The molecule has 0 atom stereocenters. The second kappa shape index (κ2) is 8.87. The van der Waals surface area contributed by atoms with Gasteiger partial charge >= 0.3 is 0 Å². The number of nitro benzene ring substituents is 1. The molecule has 9 heteroatoms. The minimum Gasteiger partial charge on any atom is -0.354 e. The van der Waals surface area contributed by atoms with E-state index in [1.54, 1.807) is 22.9 Å². The van der Waals surface area contributed by atoms with Crippen LogP contribution in [0.3, 0.4) is 0 Å². The van der Waals surface area contributed by atoms with E-state index in [9.17, 15) is 19.7 Å². The highest BCUT2D eigenvalue weighted by Crippen LogP contribution is 2.22. The Hall–Kier alpha value is -3.20. The highest BCUT2D eigenvalue weighted by atomic mass is 79.9. The van der Waals surface area contributed by atoms with Crippen LogP contribution in [0.25, 0.3) is 10.9 Å². The standard InChI is InChI=1S/C20H19BrN4O4/c1-13-2-3-15(21)11-17(13)23-19(26)6-8-22-20(27)12-24-9-7-14-10-16(25(28)29)4-5-18(14)24/h2-5,7,9-11H,6,8,12H2,1H3,(H,22,27)(H,23,26). The van der Waals surface area contributed by atoms with Crippen molar-refractivity contribution in [2.75, 3.05) is 11.9 Å². The summed E-state index contributed by atoms with van der Waals surface area (Å²) in [5, 5.41) is 17.1. The molecular weight excluding hydrogens is 440 g/mol. The lowest BCUT2D eigenvalue weighted by molar-refractivity contribution is -0.384. The summed E-state index contributed by atoms with van der Waals surface area (Å²) < 4.78 is 2.58. The van der Waals surface area contributed by atoms with Crippen molar-refractivity contribution in [3.63, 3.8) is 0 Å². The van der Waals surface area contributed by atoms with Crippen molar-refractivity contribution in [2.45, 2.75) is 19.9 Å². The zero-order chi connectivity index (χ0) is 21.0. The van der Waals surface area contributed by atoms with Crippen molar-refractivity contribution in [3.05, 3.63) is 68.8 Å². The van der Waals surface area contributed by atoms with Gasteiger partial charge in [0.25, 0.3) is 5.69 Å². The van der Waals surface area contributed by atoms with Gasteiger partial charge in [-0.2, -0.15) is 0 Å². The third-order valence-electron chi connectivity index (χ3n) is 4.43. The van der Waals surface area contributed by atoms with Crippen LogP contribution in [0.15, 0.2) is 53.1 Å². The molecule has 0 saturated heterocycles. The fourth-order valence-corrected chi connectivity index (χ4v) is 3.27. The van der Waals surface area contributed by atoms with Crippen LogP contribution < -0.4 is 10.6 Å². The summed E-state index contributed by atoms with van der Waals surface area (Å²) >= 11 is 3.37. The van der Waals surface area contributed by atoms with Gasteiger partial charge in [0, 0.05) is 52.4 Å². The molecule has 0 unspecified atom stereocenters. The van der Waals surface area contributed by atoms with Crippen LogP contribution in [0.4, 0.5) is 11.4 Å².